The minimum absolute atomic E-state index is 0.0783. The van der Waals surface area contributed by atoms with E-state index in [1.54, 1.807) is 14.2 Å². The molecule has 0 aliphatic heterocycles. The highest BCUT2D eigenvalue weighted by molar-refractivity contribution is 5.81. The van der Waals surface area contributed by atoms with E-state index in [0.717, 1.165) is 29.7 Å². The van der Waals surface area contributed by atoms with Gasteiger partial charge in [-0.05, 0) is 56.0 Å². The molecule has 2 rings (SSSR count). The molecule has 0 radical (unpaired) electrons. The first-order valence-electron chi connectivity index (χ1n) is 9.29. The summed E-state index contributed by atoms with van der Waals surface area (Å²) in [5, 5.41) is 2.97. The second-order valence-electron chi connectivity index (χ2n) is 6.41. The molecular formula is C22H29NO4. The summed E-state index contributed by atoms with van der Waals surface area (Å²) in [7, 11) is 3.25. The summed E-state index contributed by atoms with van der Waals surface area (Å²) in [4.78, 5) is 12.4. The third-order valence-electron chi connectivity index (χ3n) is 4.35. The molecule has 27 heavy (non-hydrogen) atoms. The van der Waals surface area contributed by atoms with Gasteiger partial charge in [0, 0.05) is 6.54 Å². The van der Waals surface area contributed by atoms with Crippen LogP contribution in [-0.2, 0) is 11.2 Å². The molecule has 1 N–H and O–H groups in total. The number of carbonyl (C=O) groups excluding carboxylic acids is 1. The Kier molecular flexibility index (Phi) is 7.99. The van der Waals surface area contributed by atoms with Gasteiger partial charge in [-0.25, -0.2) is 0 Å². The van der Waals surface area contributed by atoms with Crippen molar-refractivity contribution in [2.75, 3.05) is 20.8 Å². The maximum Gasteiger partial charge on any atom is 0.261 e. The van der Waals surface area contributed by atoms with E-state index in [1.807, 2.05) is 56.3 Å². The number of amides is 1. The number of ether oxygens (including phenoxy) is 3. The summed E-state index contributed by atoms with van der Waals surface area (Å²) < 4.78 is 16.4. The Morgan fingerprint density at radius 3 is 2.37 bits per heavy atom. The van der Waals surface area contributed by atoms with E-state index in [-0.39, 0.29) is 5.91 Å². The van der Waals surface area contributed by atoms with Crippen molar-refractivity contribution in [2.24, 2.45) is 0 Å². The van der Waals surface area contributed by atoms with Crippen molar-refractivity contribution < 1.29 is 19.0 Å². The summed E-state index contributed by atoms with van der Waals surface area (Å²) in [5.41, 5.74) is 2.31. The molecule has 5 nitrogen and oxygen atoms in total. The number of methoxy groups -OCH3 is 2. The van der Waals surface area contributed by atoms with Crippen molar-refractivity contribution in [3.8, 4) is 17.2 Å². The Morgan fingerprint density at radius 2 is 1.74 bits per heavy atom. The highest BCUT2D eigenvalue weighted by atomic mass is 16.5. The van der Waals surface area contributed by atoms with E-state index < -0.39 is 6.10 Å². The van der Waals surface area contributed by atoms with E-state index in [9.17, 15) is 4.79 Å². The summed E-state index contributed by atoms with van der Waals surface area (Å²) in [5.74, 6) is 2.07. The fourth-order valence-electron chi connectivity index (χ4n) is 2.76. The van der Waals surface area contributed by atoms with Crippen LogP contribution in [0, 0.1) is 6.92 Å². The summed E-state index contributed by atoms with van der Waals surface area (Å²) >= 11 is 0. The standard InChI is InChI=1S/C22H29NO4/c1-5-19(27-18-11-8-16(2)9-12-18)22(24)23-14-6-7-17-10-13-20(25-3)21(15-17)26-4/h8-13,15,19H,5-7,14H2,1-4H3,(H,23,24)/t19-/m1/s1. The average Bonchev–Trinajstić information content (AvgIpc) is 2.70. The number of benzene rings is 2. The third-order valence-corrected chi connectivity index (χ3v) is 4.35. The van der Waals surface area contributed by atoms with Crippen LogP contribution in [0.2, 0.25) is 0 Å². The molecule has 0 spiro atoms. The molecule has 1 amide bonds. The monoisotopic (exact) mass is 371 g/mol. The van der Waals surface area contributed by atoms with Gasteiger partial charge < -0.3 is 19.5 Å². The molecule has 5 heteroatoms. The molecule has 0 aromatic heterocycles. The maximum atomic E-state index is 12.4. The minimum Gasteiger partial charge on any atom is -0.493 e. The highest BCUT2D eigenvalue weighted by Gasteiger charge is 2.17. The van der Waals surface area contributed by atoms with E-state index >= 15 is 0 Å². The molecule has 1 atom stereocenters. The Morgan fingerprint density at radius 1 is 1.04 bits per heavy atom. The van der Waals surface area contributed by atoms with Gasteiger partial charge in [0.15, 0.2) is 17.6 Å². The number of nitrogens with one attached hydrogen (secondary N) is 1. The van der Waals surface area contributed by atoms with Gasteiger partial charge in [-0.3, -0.25) is 4.79 Å². The van der Waals surface area contributed by atoms with Crippen LogP contribution in [0.15, 0.2) is 42.5 Å². The predicted molar refractivity (Wildman–Crippen MR) is 107 cm³/mol. The Balaban J connectivity index is 1.79. The second kappa shape index (κ2) is 10.5. The van der Waals surface area contributed by atoms with Gasteiger partial charge in [-0.15, -0.1) is 0 Å². The van der Waals surface area contributed by atoms with Crippen LogP contribution >= 0.6 is 0 Å². The Labute approximate surface area is 161 Å². The lowest BCUT2D eigenvalue weighted by Crippen LogP contribution is -2.38. The Bertz CT molecular complexity index is 728. The summed E-state index contributed by atoms with van der Waals surface area (Å²) in [6.07, 6.45) is 1.82. The van der Waals surface area contributed by atoms with E-state index in [2.05, 4.69) is 5.32 Å². The van der Waals surface area contributed by atoms with Crippen LogP contribution < -0.4 is 19.5 Å². The van der Waals surface area contributed by atoms with Crippen molar-refractivity contribution in [3.63, 3.8) is 0 Å². The smallest absolute Gasteiger partial charge is 0.261 e. The zero-order valence-electron chi connectivity index (χ0n) is 16.6. The van der Waals surface area contributed by atoms with Crippen LogP contribution in [0.25, 0.3) is 0 Å². The third kappa shape index (κ3) is 6.20. The van der Waals surface area contributed by atoms with Gasteiger partial charge in [0.1, 0.15) is 5.75 Å². The lowest BCUT2D eigenvalue weighted by atomic mass is 10.1. The van der Waals surface area contributed by atoms with E-state index in [0.29, 0.717) is 24.5 Å². The number of aryl methyl sites for hydroxylation is 2. The molecule has 0 aliphatic carbocycles. The maximum absolute atomic E-state index is 12.4. The molecule has 0 heterocycles. The molecule has 0 fully saturated rings. The first kappa shape index (κ1) is 20.6. The Hall–Kier alpha value is -2.69. The summed E-state index contributed by atoms with van der Waals surface area (Å²) in [6, 6.07) is 13.6. The average molecular weight is 371 g/mol. The number of carbonyl (C=O) groups is 1. The molecular weight excluding hydrogens is 342 g/mol. The zero-order valence-corrected chi connectivity index (χ0v) is 16.6. The van der Waals surface area contributed by atoms with E-state index in [1.165, 1.54) is 0 Å². The molecule has 2 aromatic rings. The predicted octanol–water partition coefficient (Wildman–Crippen LogP) is 3.92. The van der Waals surface area contributed by atoms with Crippen molar-refractivity contribution in [1.82, 2.24) is 5.32 Å². The fourth-order valence-corrected chi connectivity index (χ4v) is 2.76. The van der Waals surface area contributed by atoms with Crippen molar-refractivity contribution in [3.05, 3.63) is 53.6 Å². The summed E-state index contributed by atoms with van der Waals surface area (Å²) in [6.45, 7) is 4.56. The van der Waals surface area contributed by atoms with Crippen LogP contribution in [0.4, 0.5) is 0 Å². The van der Waals surface area contributed by atoms with Crippen LogP contribution in [0.3, 0.4) is 0 Å². The zero-order chi connectivity index (χ0) is 19.6. The molecule has 0 bridgehead atoms. The topological polar surface area (TPSA) is 56.8 Å². The number of hydrogen-bond acceptors (Lipinski definition) is 4. The number of rotatable bonds is 10. The fraction of sp³-hybridized carbons (Fsp3) is 0.409. The lowest BCUT2D eigenvalue weighted by Gasteiger charge is -2.17. The van der Waals surface area contributed by atoms with Gasteiger partial charge in [-0.2, -0.15) is 0 Å². The van der Waals surface area contributed by atoms with E-state index in [4.69, 9.17) is 14.2 Å². The van der Waals surface area contributed by atoms with Crippen molar-refractivity contribution in [1.29, 1.82) is 0 Å². The van der Waals surface area contributed by atoms with Crippen LogP contribution in [-0.4, -0.2) is 32.8 Å². The van der Waals surface area contributed by atoms with Gasteiger partial charge in [-0.1, -0.05) is 30.7 Å². The van der Waals surface area contributed by atoms with Crippen molar-refractivity contribution >= 4 is 5.91 Å². The van der Waals surface area contributed by atoms with Gasteiger partial charge >= 0.3 is 0 Å². The highest BCUT2D eigenvalue weighted by Crippen LogP contribution is 2.27. The van der Waals surface area contributed by atoms with Crippen molar-refractivity contribution in [2.45, 2.75) is 39.2 Å². The minimum atomic E-state index is -0.478. The normalized spacial score (nSPS) is 11.6. The quantitative estimate of drug-likeness (QED) is 0.643. The lowest BCUT2D eigenvalue weighted by molar-refractivity contribution is -0.128. The molecule has 0 unspecified atom stereocenters. The SMILES string of the molecule is CC[C@@H](Oc1ccc(C)cc1)C(=O)NCCCc1ccc(OC)c(OC)c1. The van der Waals surface area contributed by atoms with Gasteiger partial charge in [0.25, 0.3) is 5.91 Å². The molecule has 146 valence electrons. The number of hydrogen-bond donors (Lipinski definition) is 1. The van der Waals surface area contributed by atoms with Gasteiger partial charge in [0.2, 0.25) is 0 Å². The van der Waals surface area contributed by atoms with Crippen LogP contribution in [0.5, 0.6) is 17.2 Å². The molecule has 0 aliphatic rings. The molecule has 0 saturated heterocycles. The first-order valence-corrected chi connectivity index (χ1v) is 9.29. The largest absolute Gasteiger partial charge is 0.493 e. The molecule has 0 saturated carbocycles. The van der Waals surface area contributed by atoms with Crippen LogP contribution in [0.1, 0.15) is 30.9 Å². The molecule has 2 aromatic carbocycles. The van der Waals surface area contributed by atoms with Gasteiger partial charge in [0.05, 0.1) is 14.2 Å². The first-order chi connectivity index (χ1) is 13.1. The second-order valence-corrected chi connectivity index (χ2v) is 6.41.